The molecule has 0 saturated carbocycles. The monoisotopic (exact) mass is 654 g/mol. The lowest BCUT2D eigenvalue weighted by Gasteiger charge is -2.13. The highest BCUT2D eigenvalue weighted by molar-refractivity contribution is 8.00. The second kappa shape index (κ2) is 15.2. The number of halogens is 1. The maximum absolute atomic E-state index is 13.4. The number of anilines is 2. The minimum atomic E-state index is -0.510. The average Bonchev–Trinajstić information content (AvgIpc) is 3.52. The average molecular weight is 655 g/mol. The second-order valence-corrected chi connectivity index (χ2v) is 11.8. The highest BCUT2D eigenvalue weighted by atomic mass is 35.5. The quantitative estimate of drug-likeness (QED) is 0.0999. The molecule has 226 valence electrons. The molecule has 5 rings (SSSR count). The van der Waals surface area contributed by atoms with Crippen LogP contribution in [0.2, 0.25) is 5.02 Å². The molecule has 0 unspecified atom stereocenters. The number of amides is 3. The largest absolute Gasteiger partial charge is 0.496 e. The van der Waals surface area contributed by atoms with E-state index in [1.54, 1.807) is 72.8 Å². The first-order valence-electron chi connectivity index (χ1n) is 13.6. The number of hydrogen-bond donors (Lipinski definition) is 3. The minimum Gasteiger partial charge on any atom is -0.496 e. The van der Waals surface area contributed by atoms with Gasteiger partial charge in [0.15, 0.2) is 5.13 Å². The molecule has 3 amide bonds. The zero-order chi connectivity index (χ0) is 31.6. The fraction of sp³-hybridized carbons (Fsp3) is 0.0588. The number of benzene rings is 4. The van der Waals surface area contributed by atoms with Crippen LogP contribution in [0, 0.1) is 0 Å². The van der Waals surface area contributed by atoms with Gasteiger partial charge in [0.2, 0.25) is 5.91 Å². The van der Waals surface area contributed by atoms with Crippen LogP contribution in [0.25, 0.3) is 17.3 Å². The number of thioether (sulfide) groups is 1. The predicted molar refractivity (Wildman–Crippen MR) is 182 cm³/mol. The third kappa shape index (κ3) is 8.60. The molecule has 4 aromatic carbocycles. The summed E-state index contributed by atoms with van der Waals surface area (Å²) in [6, 6.07) is 30.3. The molecule has 45 heavy (non-hydrogen) atoms. The normalized spacial score (nSPS) is 11.0. The van der Waals surface area contributed by atoms with E-state index in [1.165, 1.54) is 30.2 Å². The van der Waals surface area contributed by atoms with Gasteiger partial charge in [-0.15, -0.1) is 23.1 Å². The van der Waals surface area contributed by atoms with Gasteiger partial charge in [-0.1, -0.05) is 66.2 Å². The number of para-hydroxylation sites is 1. The molecule has 8 nitrogen and oxygen atoms in total. The number of carbonyl (C=O) groups excluding carboxylic acids is 3. The van der Waals surface area contributed by atoms with E-state index >= 15 is 0 Å². The van der Waals surface area contributed by atoms with Crippen LogP contribution in [0.1, 0.15) is 15.9 Å². The van der Waals surface area contributed by atoms with Crippen LogP contribution >= 0.6 is 34.7 Å². The Labute approximate surface area is 273 Å². The first-order valence-corrected chi connectivity index (χ1v) is 15.9. The van der Waals surface area contributed by atoms with Gasteiger partial charge in [0.25, 0.3) is 11.8 Å². The van der Waals surface area contributed by atoms with Crippen LogP contribution in [0.4, 0.5) is 10.8 Å². The molecule has 1 aromatic heterocycles. The first-order chi connectivity index (χ1) is 21.9. The molecule has 0 bridgehead atoms. The summed E-state index contributed by atoms with van der Waals surface area (Å²) in [6.45, 7) is 0. The minimum absolute atomic E-state index is 0.0448. The van der Waals surface area contributed by atoms with Gasteiger partial charge in [-0.3, -0.25) is 14.4 Å². The Kier molecular flexibility index (Phi) is 10.7. The van der Waals surface area contributed by atoms with Gasteiger partial charge in [-0.25, -0.2) is 4.98 Å². The highest BCUT2D eigenvalue weighted by Gasteiger charge is 2.16. The zero-order valence-electron chi connectivity index (χ0n) is 24.0. The van der Waals surface area contributed by atoms with Crippen molar-refractivity contribution < 1.29 is 19.1 Å². The third-order valence-electron chi connectivity index (χ3n) is 6.35. The van der Waals surface area contributed by atoms with Crippen LogP contribution in [-0.4, -0.2) is 35.6 Å². The van der Waals surface area contributed by atoms with E-state index in [0.29, 0.717) is 38.4 Å². The van der Waals surface area contributed by atoms with E-state index in [9.17, 15) is 14.4 Å². The van der Waals surface area contributed by atoms with Crippen LogP contribution in [-0.2, 0) is 9.59 Å². The molecule has 0 aliphatic carbocycles. The van der Waals surface area contributed by atoms with Crippen molar-refractivity contribution in [2.24, 2.45) is 0 Å². The number of carbonyl (C=O) groups is 3. The van der Waals surface area contributed by atoms with E-state index in [-0.39, 0.29) is 17.4 Å². The van der Waals surface area contributed by atoms with Crippen LogP contribution < -0.4 is 20.7 Å². The summed E-state index contributed by atoms with van der Waals surface area (Å²) in [7, 11) is 1.54. The molecule has 0 radical (unpaired) electrons. The van der Waals surface area contributed by atoms with Crippen molar-refractivity contribution in [3.8, 4) is 17.0 Å². The lowest BCUT2D eigenvalue weighted by Crippen LogP contribution is -2.30. The number of hydrogen-bond acceptors (Lipinski definition) is 7. The van der Waals surface area contributed by atoms with E-state index in [2.05, 4.69) is 20.9 Å². The summed E-state index contributed by atoms with van der Waals surface area (Å²) < 4.78 is 5.42. The van der Waals surface area contributed by atoms with Crippen molar-refractivity contribution in [1.82, 2.24) is 10.3 Å². The summed E-state index contributed by atoms with van der Waals surface area (Å²) >= 11 is 8.94. The lowest BCUT2D eigenvalue weighted by molar-refractivity contribution is -0.114. The fourth-order valence-corrected chi connectivity index (χ4v) is 5.80. The van der Waals surface area contributed by atoms with E-state index in [4.69, 9.17) is 16.3 Å². The molecule has 0 saturated heterocycles. The Morgan fingerprint density at radius 1 is 0.889 bits per heavy atom. The Morgan fingerprint density at radius 3 is 2.36 bits per heavy atom. The number of ether oxygens (including phenoxy) is 1. The van der Waals surface area contributed by atoms with Gasteiger partial charge in [-0.2, -0.15) is 0 Å². The molecule has 0 aliphatic heterocycles. The van der Waals surface area contributed by atoms with Crippen LogP contribution in [0.3, 0.4) is 0 Å². The fourth-order valence-electron chi connectivity index (χ4n) is 4.14. The van der Waals surface area contributed by atoms with Crippen molar-refractivity contribution in [1.29, 1.82) is 0 Å². The van der Waals surface area contributed by atoms with Crippen molar-refractivity contribution in [3.63, 3.8) is 0 Å². The van der Waals surface area contributed by atoms with E-state index in [1.807, 2.05) is 41.8 Å². The Bertz CT molecular complexity index is 1840. The van der Waals surface area contributed by atoms with Gasteiger partial charge in [0, 0.05) is 37.7 Å². The summed E-state index contributed by atoms with van der Waals surface area (Å²) in [5.74, 6) is -0.403. The number of rotatable bonds is 11. The van der Waals surface area contributed by atoms with Gasteiger partial charge < -0.3 is 20.7 Å². The van der Waals surface area contributed by atoms with Crippen molar-refractivity contribution in [2.75, 3.05) is 23.5 Å². The second-order valence-electron chi connectivity index (χ2n) is 9.45. The van der Waals surface area contributed by atoms with Gasteiger partial charge in [-0.05, 0) is 54.6 Å². The Morgan fingerprint density at radius 2 is 1.60 bits per heavy atom. The number of nitrogens with one attached hydrogen (secondary N) is 3. The van der Waals surface area contributed by atoms with E-state index in [0.717, 1.165) is 10.5 Å². The maximum Gasteiger partial charge on any atom is 0.272 e. The Balaban J connectivity index is 1.20. The zero-order valence-corrected chi connectivity index (χ0v) is 26.3. The SMILES string of the molecule is COc1ccccc1/C=C(\NC(=O)c1ccccc1)C(=O)Nc1ccc(SCC(=O)Nc2nc(-c3ccccc3Cl)cs2)cc1. The third-order valence-corrected chi connectivity index (χ3v) is 8.45. The van der Waals surface area contributed by atoms with Gasteiger partial charge in [0.1, 0.15) is 11.4 Å². The topological polar surface area (TPSA) is 109 Å². The van der Waals surface area contributed by atoms with Crippen molar-refractivity contribution in [3.05, 3.63) is 130 Å². The highest BCUT2D eigenvalue weighted by Crippen LogP contribution is 2.30. The Hall–Kier alpha value is -4.90. The molecular formula is C34H27ClN4O4S2. The summed E-state index contributed by atoms with van der Waals surface area (Å²) in [4.78, 5) is 44.2. The maximum atomic E-state index is 13.4. The van der Waals surface area contributed by atoms with Crippen molar-refractivity contribution >= 4 is 69.3 Å². The van der Waals surface area contributed by atoms with Gasteiger partial charge in [0.05, 0.1) is 18.6 Å². The number of methoxy groups -OCH3 is 1. The van der Waals surface area contributed by atoms with Crippen LogP contribution in [0.15, 0.2) is 119 Å². The predicted octanol–water partition coefficient (Wildman–Crippen LogP) is 7.61. The van der Waals surface area contributed by atoms with E-state index < -0.39 is 11.8 Å². The lowest BCUT2D eigenvalue weighted by atomic mass is 10.1. The summed E-state index contributed by atoms with van der Waals surface area (Å²) in [6.07, 6.45) is 1.57. The molecule has 0 atom stereocenters. The molecule has 1 heterocycles. The standard InChI is InChI=1S/C34H27ClN4O4S2/c1-43-30-14-8-5-11-23(30)19-28(37-32(41)22-9-3-2-4-10-22)33(42)36-24-15-17-25(18-16-24)44-21-31(40)39-34-38-29(20-45-34)26-12-6-7-13-27(26)35/h2-20H,21H2,1H3,(H,36,42)(H,37,41)(H,38,39,40)/b28-19-. The number of thiazole rings is 1. The smallest absolute Gasteiger partial charge is 0.272 e. The van der Waals surface area contributed by atoms with Crippen LogP contribution in [0.5, 0.6) is 5.75 Å². The molecule has 5 aromatic rings. The first kappa shape index (κ1) is 31.5. The van der Waals surface area contributed by atoms with Crippen molar-refractivity contribution in [2.45, 2.75) is 4.90 Å². The summed E-state index contributed by atoms with van der Waals surface area (Å²) in [5, 5.41) is 11.3. The molecular weight excluding hydrogens is 628 g/mol. The molecule has 0 aliphatic rings. The number of nitrogens with zero attached hydrogens (tertiary/aromatic N) is 1. The van der Waals surface area contributed by atoms with Gasteiger partial charge >= 0.3 is 0 Å². The summed E-state index contributed by atoms with van der Waals surface area (Å²) in [5.41, 5.74) is 3.11. The molecule has 0 spiro atoms. The molecule has 3 N–H and O–H groups in total. The molecule has 0 fully saturated rings. The molecule has 11 heteroatoms. The number of aromatic nitrogens is 1.